The van der Waals surface area contributed by atoms with Crippen LogP contribution in [0.25, 0.3) is 10.8 Å². The number of carbonyl (C=O) groups is 1. The van der Waals surface area contributed by atoms with E-state index in [-0.39, 0.29) is 18.3 Å². The number of rotatable bonds is 5. The standard InChI is InChI=1S/C16H18N2O3/c1-2-21-15(20)10-18(12-4-5-12)16-14-9-13(19)6-3-11(14)7-8-17-16/h3,6-9,12,19H,2,4-5,10H2,1H3. The number of anilines is 1. The van der Waals surface area contributed by atoms with Crippen LogP contribution in [0.15, 0.2) is 30.5 Å². The predicted octanol–water partition coefficient (Wildman–Crippen LogP) is 2.47. The number of hydrogen-bond acceptors (Lipinski definition) is 5. The molecule has 0 unspecified atom stereocenters. The van der Waals surface area contributed by atoms with E-state index in [1.165, 1.54) is 0 Å². The Bertz CT molecular complexity index is 668. The maximum Gasteiger partial charge on any atom is 0.325 e. The van der Waals surface area contributed by atoms with Gasteiger partial charge in [0.25, 0.3) is 0 Å². The summed E-state index contributed by atoms with van der Waals surface area (Å²) in [7, 11) is 0. The maximum absolute atomic E-state index is 11.8. The summed E-state index contributed by atoms with van der Waals surface area (Å²) in [5, 5.41) is 11.6. The topological polar surface area (TPSA) is 62.7 Å². The molecule has 1 aliphatic rings. The first-order chi connectivity index (χ1) is 10.2. The van der Waals surface area contributed by atoms with Crippen molar-refractivity contribution < 1.29 is 14.6 Å². The van der Waals surface area contributed by atoms with E-state index in [0.29, 0.717) is 12.6 Å². The number of benzene rings is 1. The number of phenolic OH excluding ortho intramolecular Hbond substituents is 1. The Hall–Kier alpha value is -2.30. The van der Waals surface area contributed by atoms with Crippen LogP contribution in [-0.2, 0) is 9.53 Å². The van der Waals surface area contributed by atoms with Gasteiger partial charge in [-0.3, -0.25) is 4.79 Å². The Morgan fingerprint density at radius 3 is 2.95 bits per heavy atom. The first kappa shape index (κ1) is 13.7. The van der Waals surface area contributed by atoms with Crippen LogP contribution in [0, 0.1) is 0 Å². The highest BCUT2D eigenvalue weighted by Gasteiger charge is 2.32. The molecule has 1 aromatic carbocycles. The smallest absolute Gasteiger partial charge is 0.325 e. The quantitative estimate of drug-likeness (QED) is 0.855. The van der Waals surface area contributed by atoms with Gasteiger partial charge in [-0.25, -0.2) is 4.98 Å². The average Bonchev–Trinajstić information content (AvgIpc) is 3.29. The molecule has 0 spiro atoms. The molecule has 1 fully saturated rings. The summed E-state index contributed by atoms with van der Waals surface area (Å²) in [6.45, 7) is 2.37. The minimum atomic E-state index is -0.247. The van der Waals surface area contributed by atoms with Crippen LogP contribution in [0.5, 0.6) is 5.75 Å². The molecule has 1 N–H and O–H groups in total. The third-order valence-electron chi connectivity index (χ3n) is 3.59. The van der Waals surface area contributed by atoms with E-state index in [2.05, 4.69) is 4.98 Å². The lowest BCUT2D eigenvalue weighted by molar-refractivity contribution is -0.141. The number of carbonyl (C=O) groups excluding carboxylic acids is 1. The van der Waals surface area contributed by atoms with Crippen molar-refractivity contribution in [2.45, 2.75) is 25.8 Å². The van der Waals surface area contributed by atoms with Crippen LogP contribution >= 0.6 is 0 Å². The normalized spacial score (nSPS) is 14.1. The Morgan fingerprint density at radius 1 is 1.43 bits per heavy atom. The number of phenols is 1. The zero-order chi connectivity index (χ0) is 14.8. The highest BCUT2D eigenvalue weighted by Crippen LogP contribution is 2.35. The number of aromatic nitrogens is 1. The molecule has 1 heterocycles. The predicted molar refractivity (Wildman–Crippen MR) is 80.4 cm³/mol. The van der Waals surface area contributed by atoms with E-state index >= 15 is 0 Å². The fraction of sp³-hybridized carbons (Fsp3) is 0.375. The van der Waals surface area contributed by atoms with E-state index in [1.54, 1.807) is 25.3 Å². The van der Waals surface area contributed by atoms with Gasteiger partial charge in [-0.05, 0) is 43.4 Å². The summed E-state index contributed by atoms with van der Waals surface area (Å²) in [6.07, 6.45) is 3.84. The summed E-state index contributed by atoms with van der Waals surface area (Å²) in [5.41, 5.74) is 0. The Balaban J connectivity index is 1.99. The average molecular weight is 286 g/mol. The molecule has 1 saturated carbocycles. The SMILES string of the molecule is CCOC(=O)CN(c1nccc2ccc(O)cc12)C1CC1. The molecule has 5 nitrogen and oxygen atoms in total. The fourth-order valence-electron chi connectivity index (χ4n) is 2.48. The van der Waals surface area contributed by atoms with Crippen molar-refractivity contribution in [3.05, 3.63) is 30.5 Å². The van der Waals surface area contributed by atoms with Gasteiger partial charge in [0.2, 0.25) is 0 Å². The number of fused-ring (bicyclic) bond motifs is 1. The second-order valence-electron chi connectivity index (χ2n) is 5.20. The molecule has 0 saturated heterocycles. The zero-order valence-corrected chi connectivity index (χ0v) is 12.0. The van der Waals surface area contributed by atoms with Gasteiger partial charge in [-0.1, -0.05) is 6.07 Å². The Morgan fingerprint density at radius 2 is 2.24 bits per heavy atom. The highest BCUT2D eigenvalue weighted by atomic mass is 16.5. The third kappa shape index (κ3) is 2.91. The van der Waals surface area contributed by atoms with E-state index in [1.807, 2.05) is 17.0 Å². The largest absolute Gasteiger partial charge is 0.508 e. The molecule has 21 heavy (non-hydrogen) atoms. The number of ether oxygens (including phenoxy) is 1. The van der Waals surface area contributed by atoms with Gasteiger partial charge in [-0.2, -0.15) is 0 Å². The molecular formula is C16H18N2O3. The van der Waals surface area contributed by atoms with Gasteiger partial charge in [-0.15, -0.1) is 0 Å². The van der Waals surface area contributed by atoms with Gasteiger partial charge in [0.1, 0.15) is 18.1 Å². The van der Waals surface area contributed by atoms with Crippen LogP contribution in [0.2, 0.25) is 0 Å². The van der Waals surface area contributed by atoms with E-state index in [4.69, 9.17) is 4.74 Å². The lowest BCUT2D eigenvalue weighted by Gasteiger charge is -2.23. The minimum absolute atomic E-state index is 0.195. The number of esters is 1. The molecular weight excluding hydrogens is 268 g/mol. The number of pyridine rings is 1. The maximum atomic E-state index is 11.8. The summed E-state index contributed by atoms with van der Waals surface area (Å²) < 4.78 is 5.05. The molecule has 0 amide bonds. The molecule has 0 atom stereocenters. The molecule has 1 aromatic heterocycles. The van der Waals surface area contributed by atoms with Gasteiger partial charge < -0.3 is 14.7 Å². The van der Waals surface area contributed by atoms with E-state index < -0.39 is 0 Å². The van der Waals surface area contributed by atoms with E-state index in [0.717, 1.165) is 29.4 Å². The number of nitrogens with zero attached hydrogens (tertiary/aromatic N) is 2. The first-order valence-electron chi connectivity index (χ1n) is 7.19. The summed E-state index contributed by atoms with van der Waals surface area (Å²) in [4.78, 5) is 18.2. The molecule has 3 rings (SSSR count). The molecule has 0 radical (unpaired) electrons. The fourth-order valence-corrected chi connectivity index (χ4v) is 2.48. The molecule has 0 aliphatic heterocycles. The van der Waals surface area contributed by atoms with Crippen LogP contribution in [-0.4, -0.2) is 35.3 Å². The highest BCUT2D eigenvalue weighted by molar-refractivity contribution is 5.94. The van der Waals surface area contributed by atoms with Gasteiger partial charge >= 0.3 is 5.97 Å². The molecule has 2 aromatic rings. The van der Waals surface area contributed by atoms with Crippen molar-refractivity contribution in [3.8, 4) is 5.75 Å². The monoisotopic (exact) mass is 286 g/mol. The minimum Gasteiger partial charge on any atom is -0.508 e. The van der Waals surface area contributed by atoms with Crippen molar-refractivity contribution in [3.63, 3.8) is 0 Å². The van der Waals surface area contributed by atoms with Crippen LogP contribution in [0.4, 0.5) is 5.82 Å². The summed E-state index contributed by atoms with van der Waals surface area (Å²) in [6, 6.07) is 7.42. The van der Waals surface area contributed by atoms with Crippen molar-refractivity contribution in [1.82, 2.24) is 4.98 Å². The van der Waals surface area contributed by atoms with Crippen molar-refractivity contribution >= 4 is 22.6 Å². The van der Waals surface area contributed by atoms with Crippen LogP contribution in [0.3, 0.4) is 0 Å². The molecule has 5 heteroatoms. The van der Waals surface area contributed by atoms with Crippen LogP contribution < -0.4 is 4.90 Å². The van der Waals surface area contributed by atoms with Crippen LogP contribution in [0.1, 0.15) is 19.8 Å². The first-order valence-corrected chi connectivity index (χ1v) is 7.19. The summed E-state index contributed by atoms with van der Waals surface area (Å²) in [5.74, 6) is 0.686. The molecule has 0 bridgehead atoms. The number of hydrogen-bond donors (Lipinski definition) is 1. The second kappa shape index (κ2) is 5.60. The van der Waals surface area contributed by atoms with E-state index in [9.17, 15) is 9.90 Å². The second-order valence-corrected chi connectivity index (χ2v) is 5.20. The lowest BCUT2D eigenvalue weighted by Crippen LogP contribution is -2.33. The van der Waals surface area contributed by atoms with Gasteiger partial charge in [0, 0.05) is 17.6 Å². The van der Waals surface area contributed by atoms with Crippen molar-refractivity contribution in [2.75, 3.05) is 18.1 Å². The van der Waals surface area contributed by atoms with Gasteiger partial charge in [0.05, 0.1) is 6.61 Å². The molecule has 110 valence electrons. The number of aromatic hydroxyl groups is 1. The van der Waals surface area contributed by atoms with Crippen molar-refractivity contribution in [2.24, 2.45) is 0 Å². The summed E-state index contributed by atoms with van der Waals surface area (Å²) >= 11 is 0. The Kier molecular flexibility index (Phi) is 3.64. The van der Waals surface area contributed by atoms with Gasteiger partial charge in [0.15, 0.2) is 0 Å². The molecule has 1 aliphatic carbocycles. The van der Waals surface area contributed by atoms with Crippen molar-refractivity contribution in [1.29, 1.82) is 0 Å². The Labute approximate surface area is 123 Å². The third-order valence-corrected chi connectivity index (χ3v) is 3.59. The lowest BCUT2D eigenvalue weighted by atomic mass is 10.1. The zero-order valence-electron chi connectivity index (χ0n) is 12.0.